The topological polar surface area (TPSA) is 87.2 Å². The van der Waals surface area contributed by atoms with Gasteiger partial charge < -0.3 is 24.1 Å². The summed E-state index contributed by atoms with van der Waals surface area (Å²) in [7, 11) is 0. The SMILES string of the molecule is BrCCOCCBr.N#CC1(c2cc(C(=O)N3CCCC4CCCCC43)cs2)CCOCC1.[C-]#[N+]Cc1cc(C(=O)N2CCCC3CCCCC32)cs1. The molecular weight excluding hydrogens is 824 g/mol. The number of rotatable bonds is 8. The van der Waals surface area contributed by atoms with Crippen molar-refractivity contribution >= 4 is 66.3 Å². The van der Waals surface area contributed by atoms with Crippen molar-refractivity contribution in [2.45, 2.75) is 114 Å². The number of thiophene rings is 2. The fraction of sp³-hybridized carbons (Fsp3) is 0.700. The van der Waals surface area contributed by atoms with Crippen LogP contribution in [0.4, 0.5) is 0 Å². The summed E-state index contributed by atoms with van der Waals surface area (Å²) in [6, 6.07) is 7.33. The third-order valence-corrected chi connectivity index (χ3v) is 14.2. The number of hydrogen-bond donors (Lipinski definition) is 0. The van der Waals surface area contributed by atoms with Crippen molar-refractivity contribution in [2.24, 2.45) is 11.8 Å². The molecule has 3 aliphatic heterocycles. The Labute approximate surface area is 335 Å². The van der Waals surface area contributed by atoms with Gasteiger partial charge in [0, 0.05) is 64.7 Å². The standard InChI is InChI=1S/C20H26N2O2S.C16H20N2OS.C4H8Br2O/c21-14-20(7-10-24-11-8-20)18-12-16(13-25-18)19(23)22-9-3-5-15-4-1-2-6-17(15)22;1-17-10-14-9-13(11-20-14)16(19)18-8-4-6-12-5-2-3-7-15(12)18;5-1-3-7-4-2-6/h12-13,15,17H,1-11H2;9,11-12,15H,2-8,10H2;1-4H2. The molecule has 2 aromatic rings. The fourth-order valence-corrected chi connectivity index (χ4v) is 11.1. The van der Waals surface area contributed by atoms with Gasteiger partial charge in [-0.25, -0.2) is 6.57 Å². The maximum atomic E-state index is 13.2. The summed E-state index contributed by atoms with van der Waals surface area (Å²) in [6.45, 7) is 12.0. The molecule has 4 atom stereocenters. The molecule has 284 valence electrons. The molecule has 2 aliphatic carbocycles. The summed E-state index contributed by atoms with van der Waals surface area (Å²) in [4.78, 5) is 35.6. The molecule has 5 fully saturated rings. The van der Waals surface area contributed by atoms with E-state index in [2.05, 4.69) is 52.6 Å². The molecule has 52 heavy (non-hydrogen) atoms. The number of nitriles is 1. The first kappa shape index (κ1) is 41.4. The molecule has 12 heteroatoms. The molecule has 7 rings (SSSR count). The number of alkyl halides is 2. The largest absolute Gasteiger partial charge is 0.381 e. The molecule has 8 nitrogen and oxygen atoms in total. The number of amides is 2. The number of ether oxygens (including phenoxy) is 2. The van der Waals surface area contributed by atoms with Crippen molar-refractivity contribution in [3.05, 3.63) is 55.2 Å². The Balaban J connectivity index is 0.000000173. The number of likely N-dealkylation sites (tertiary alicyclic amines) is 2. The van der Waals surface area contributed by atoms with Crippen molar-refractivity contribution < 1.29 is 19.1 Å². The molecule has 0 aromatic carbocycles. The highest BCUT2D eigenvalue weighted by atomic mass is 79.9. The zero-order valence-electron chi connectivity index (χ0n) is 30.4. The van der Waals surface area contributed by atoms with Gasteiger partial charge in [0.25, 0.3) is 11.8 Å². The van der Waals surface area contributed by atoms with Gasteiger partial charge in [0.05, 0.1) is 40.7 Å². The van der Waals surface area contributed by atoms with E-state index in [1.165, 1.54) is 69.1 Å². The van der Waals surface area contributed by atoms with E-state index in [0.717, 1.165) is 95.9 Å². The van der Waals surface area contributed by atoms with Gasteiger partial charge in [0.15, 0.2) is 0 Å². The fourth-order valence-electron chi connectivity index (χ4n) is 8.78. The van der Waals surface area contributed by atoms with Crippen molar-refractivity contribution in [1.29, 1.82) is 5.26 Å². The Morgan fingerprint density at radius 2 is 1.37 bits per heavy atom. The van der Waals surface area contributed by atoms with Crippen LogP contribution >= 0.6 is 54.5 Å². The molecule has 3 saturated heterocycles. The summed E-state index contributed by atoms with van der Waals surface area (Å²) in [6.07, 6.45) is 16.4. The van der Waals surface area contributed by atoms with Crippen molar-refractivity contribution in [3.8, 4) is 6.07 Å². The third-order valence-electron chi connectivity index (χ3n) is 11.5. The lowest BCUT2D eigenvalue weighted by atomic mass is 9.78. The second kappa shape index (κ2) is 21.3. The first-order chi connectivity index (χ1) is 25.4. The zero-order valence-corrected chi connectivity index (χ0v) is 35.2. The Kier molecular flexibility index (Phi) is 17.0. The van der Waals surface area contributed by atoms with Gasteiger partial charge in [0.1, 0.15) is 0 Å². The Morgan fingerprint density at radius 3 is 1.90 bits per heavy atom. The highest BCUT2D eigenvalue weighted by molar-refractivity contribution is 9.09. The monoisotopic (exact) mass is 876 g/mol. The minimum Gasteiger partial charge on any atom is -0.381 e. The molecule has 0 bridgehead atoms. The van der Waals surface area contributed by atoms with Gasteiger partial charge in [-0.15, -0.1) is 22.7 Å². The summed E-state index contributed by atoms with van der Waals surface area (Å²) >= 11 is 9.59. The van der Waals surface area contributed by atoms with E-state index in [9.17, 15) is 14.9 Å². The smallest absolute Gasteiger partial charge is 0.254 e. The number of hydrogen-bond acceptors (Lipinski definition) is 7. The Bertz CT molecular complexity index is 1500. The minimum atomic E-state index is -0.462. The van der Waals surface area contributed by atoms with Crippen molar-refractivity contribution in [1.82, 2.24) is 9.80 Å². The quantitative estimate of drug-likeness (QED) is 0.150. The number of fused-ring (bicyclic) bond motifs is 2. The van der Waals surface area contributed by atoms with Crippen molar-refractivity contribution in [2.75, 3.05) is 50.2 Å². The van der Waals surface area contributed by atoms with Gasteiger partial charge >= 0.3 is 0 Å². The van der Waals surface area contributed by atoms with Crippen LogP contribution in [0, 0.1) is 29.7 Å². The molecular formula is C40H54Br2N4O4S2. The first-order valence-electron chi connectivity index (χ1n) is 19.2. The number of halogens is 2. The molecule has 5 heterocycles. The lowest BCUT2D eigenvalue weighted by Gasteiger charge is -2.44. The van der Waals surface area contributed by atoms with Gasteiger partial charge in [-0.3, -0.25) is 9.59 Å². The maximum absolute atomic E-state index is 13.2. The Hall–Kier alpha value is -1.80. The van der Waals surface area contributed by atoms with Gasteiger partial charge in [-0.05, 0) is 88.2 Å². The molecule has 0 spiro atoms. The average molecular weight is 879 g/mol. The predicted molar refractivity (Wildman–Crippen MR) is 217 cm³/mol. The lowest BCUT2D eigenvalue weighted by molar-refractivity contribution is 0.0386. The highest BCUT2D eigenvalue weighted by Gasteiger charge is 2.39. The summed E-state index contributed by atoms with van der Waals surface area (Å²) in [5.41, 5.74) is 1.11. The van der Waals surface area contributed by atoms with E-state index in [1.54, 1.807) is 11.3 Å². The second-order valence-electron chi connectivity index (χ2n) is 14.6. The first-order valence-corrected chi connectivity index (χ1v) is 23.2. The van der Waals surface area contributed by atoms with E-state index in [1.807, 2.05) is 22.9 Å². The maximum Gasteiger partial charge on any atom is 0.254 e. The minimum absolute atomic E-state index is 0.180. The van der Waals surface area contributed by atoms with Gasteiger partial charge in [0.2, 0.25) is 6.54 Å². The summed E-state index contributed by atoms with van der Waals surface area (Å²) < 4.78 is 10.5. The highest BCUT2D eigenvalue weighted by Crippen LogP contribution is 2.40. The number of carbonyl (C=O) groups excluding carboxylic acids is 2. The van der Waals surface area contributed by atoms with Crippen LogP contribution in [0.2, 0.25) is 0 Å². The number of nitrogens with zero attached hydrogens (tertiary/aromatic N) is 4. The van der Waals surface area contributed by atoms with Crippen LogP contribution in [0.3, 0.4) is 0 Å². The normalized spacial score (nSPS) is 25.1. The van der Waals surface area contributed by atoms with Gasteiger partial charge in [-0.1, -0.05) is 57.5 Å². The van der Waals surface area contributed by atoms with Crippen LogP contribution in [0.25, 0.3) is 4.85 Å². The average Bonchev–Trinajstić information content (AvgIpc) is 3.90. The van der Waals surface area contributed by atoms with E-state index >= 15 is 0 Å². The van der Waals surface area contributed by atoms with Crippen LogP contribution in [0.1, 0.15) is 120 Å². The van der Waals surface area contributed by atoms with Crippen LogP contribution in [-0.4, -0.2) is 83.9 Å². The van der Waals surface area contributed by atoms with E-state index in [4.69, 9.17) is 16.0 Å². The zero-order chi connectivity index (χ0) is 36.8. The summed E-state index contributed by atoms with van der Waals surface area (Å²) in [5, 5.41) is 15.5. The van der Waals surface area contributed by atoms with Crippen LogP contribution in [0.15, 0.2) is 22.9 Å². The number of carbonyl (C=O) groups is 2. The van der Waals surface area contributed by atoms with Crippen molar-refractivity contribution in [3.63, 3.8) is 0 Å². The molecule has 2 amide bonds. The van der Waals surface area contributed by atoms with Crippen LogP contribution < -0.4 is 0 Å². The molecule has 0 N–H and O–H groups in total. The third kappa shape index (κ3) is 10.7. The molecule has 0 radical (unpaired) electrons. The summed E-state index contributed by atoms with van der Waals surface area (Å²) in [5.74, 6) is 1.79. The molecule has 2 saturated carbocycles. The number of piperidine rings is 2. The lowest BCUT2D eigenvalue weighted by Crippen LogP contribution is -2.49. The Morgan fingerprint density at radius 1 is 0.846 bits per heavy atom. The molecule has 5 aliphatic rings. The van der Waals surface area contributed by atoms with Gasteiger partial charge in [-0.2, -0.15) is 5.26 Å². The van der Waals surface area contributed by atoms with E-state index < -0.39 is 5.41 Å². The van der Waals surface area contributed by atoms with Crippen LogP contribution in [-0.2, 0) is 21.4 Å². The molecule has 2 aromatic heterocycles. The predicted octanol–water partition coefficient (Wildman–Crippen LogP) is 9.87. The van der Waals surface area contributed by atoms with Crippen LogP contribution in [0.5, 0.6) is 0 Å². The van der Waals surface area contributed by atoms with E-state index in [0.29, 0.717) is 37.8 Å². The van der Waals surface area contributed by atoms with E-state index in [-0.39, 0.29) is 11.8 Å². The molecule has 4 unspecified atom stereocenters. The second-order valence-corrected chi connectivity index (χ2v) is 18.1.